The van der Waals surface area contributed by atoms with E-state index in [0.717, 1.165) is 16.7 Å². The Balaban J connectivity index is 1.70. The Morgan fingerprint density at radius 1 is 1.45 bits per heavy atom. The SMILES string of the molecule is Cn1cc(-c2cccc(CN=C(N)NC3CC3)c2)cn1. The highest BCUT2D eigenvalue weighted by Crippen LogP contribution is 2.20. The van der Waals surface area contributed by atoms with Crippen LogP contribution in [-0.4, -0.2) is 21.8 Å². The molecule has 0 atom stereocenters. The average Bonchev–Trinajstić information content (AvgIpc) is 3.15. The van der Waals surface area contributed by atoms with Crippen LogP contribution in [0.5, 0.6) is 0 Å². The topological polar surface area (TPSA) is 68.2 Å². The summed E-state index contributed by atoms with van der Waals surface area (Å²) in [6.07, 6.45) is 6.27. The molecule has 3 N–H and O–H groups in total. The predicted molar refractivity (Wildman–Crippen MR) is 80.1 cm³/mol. The minimum absolute atomic E-state index is 0.541. The summed E-state index contributed by atoms with van der Waals surface area (Å²) in [5.41, 5.74) is 9.25. The van der Waals surface area contributed by atoms with Crippen molar-refractivity contribution in [3.8, 4) is 11.1 Å². The van der Waals surface area contributed by atoms with Gasteiger partial charge in [-0.15, -0.1) is 0 Å². The average molecular weight is 269 g/mol. The van der Waals surface area contributed by atoms with Crippen LogP contribution >= 0.6 is 0 Å². The molecule has 20 heavy (non-hydrogen) atoms. The molecule has 5 heteroatoms. The second-order valence-corrected chi connectivity index (χ2v) is 5.22. The Morgan fingerprint density at radius 3 is 3.00 bits per heavy atom. The minimum atomic E-state index is 0.541. The molecule has 1 heterocycles. The van der Waals surface area contributed by atoms with Gasteiger partial charge in [0.25, 0.3) is 0 Å². The highest BCUT2D eigenvalue weighted by atomic mass is 15.2. The van der Waals surface area contributed by atoms with Gasteiger partial charge in [-0.25, -0.2) is 4.99 Å². The van der Waals surface area contributed by atoms with Gasteiger partial charge in [-0.05, 0) is 30.0 Å². The minimum Gasteiger partial charge on any atom is -0.370 e. The maximum atomic E-state index is 5.84. The molecule has 0 radical (unpaired) electrons. The van der Waals surface area contributed by atoms with Gasteiger partial charge in [0, 0.05) is 24.8 Å². The number of hydrogen-bond acceptors (Lipinski definition) is 2. The Kier molecular flexibility index (Phi) is 3.41. The van der Waals surface area contributed by atoms with Crippen LogP contribution in [0.2, 0.25) is 0 Å². The first-order valence-electron chi connectivity index (χ1n) is 6.85. The van der Waals surface area contributed by atoms with E-state index in [0.29, 0.717) is 18.5 Å². The highest BCUT2D eigenvalue weighted by Gasteiger charge is 2.21. The number of nitrogens with two attached hydrogens (primary N) is 1. The molecule has 5 nitrogen and oxygen atoms in total. The van der Waals surface area contributed by atoms with Gasteiger partial charge in [-0.3, -0.25) is 4.68 Å². The van der Waals surface area contributed by atoms with Gasteiger partial charge < -0.3 is 11.1 Å². The number of benzene rings is 1. The van der Waals surface area contributed by atoms with E-state index >= 15 is 0 Å². The molecule has 1 aliphatic rings. The molecule has 0 unspecified atom stereocenters. The molecule has 0 bridgehead atoms. The third kappa shape index (κ3) is 3.17. The van der Waals surface area contributed by atoms with Crippen LogP contribution < -0.4 is 11.1 Å². The Morgan fingerprint density at radius 2 is 2.30 bits per heavy atom. The second kappa shape index (κ2) is 5.36. The van der Waals surface area contributed by atoms with Crippen molar-refractivity contribution >= 4 is 5.96 Å². The van der Waals surface area contributed by atoms with Crippen LogP contribution in [0.1, 0.15) is 18.4 Å². The van der Waals surface area contributed by atoms with Gasteiger partial charge in [-0.1, -0.05) is 18.2 Å². The lowest BCUT2D eigenvalue weighted by Crippen LogP contribution is -2.33. The molecule has 1 fully saturated rings. The summed E-state index contributed by atoms with van der Waals surface area (Å²) >= 11 is 0. The van der Waals surface area contributed by atoms with Crippen LogP contribution in [-0.2, 0) is 13.6 Å². The number of nitrogens with zero attached hydrogens (tertiary/aromatic N) is 3. The third-order valence-corrected chi connectivity index (χ3v) is 3.33. The van der Waals surface area contributed by atoms with Gasteiger partial charge in [0.2, 0.25) is 0 Å². The first kappa shape index (κ1) is 12.7. The molecule has 1 saturated carbocycles. The number of rotatable bonds is 4. The van der Waals surface area contributed by atoms with Crippen LogP contribution in [0.25, 0.3) is 11.1 Å². The largest absolute Gasteiger partial charge is 0.370 e. The standard InChI is InChI=1S/C15H19N5/c1-20-10-13(9-18-20)12-4-2-3-11(7-12)8-17-15(16)19-14-5-6-14/h2-4,7,9-10,14H,5-6,8H2,1H3,(H3,16,17,19). The third-order valence-electron chi connectivity index (χ3n) is 3.33. The van der Waals surface area contributed by atoms with Crippen molar-refractivity contribution in [1.29, 1.82) is 0 Å². The molecular formula is C15H19N5. The van der Waals surface area contributed by atoms with Crippen LogP contribution in [0.4, 0.5) is 0 Å². The molecule has 0 saturated heterocycles. The molecule has 0 aliphatic heterocycles. The van der Waals surface area contributed by atoms with Crippen molar-refractivity contribution in [1.82, 2.24) is 15.1 Å². The maximum absolute atomic E-state index is 5.84. The van der Waals surface area contributed by atoms with Crippen molar-refractivity contribution in [3.05, 3.63) is 42.2 Å². The van der Waals surface area contributed by atoms with Crippen LogP contribution in [0, 0.1) is 0 Å². The van der Waals surface area contributed by atoms with E-state index in [9.17, 15) is 0 Å². The Bertz CT molecular complexity index is 625. The molecule has 1 aromatic heterocycles. The number of aliphatic imine (C=N–C) groups is 1. The summed E-state index contributed by atoms with van der Waals surface area (Å²) in [5.74, 6) is 0.541. The predicted octanol–water partition coefficient (Wildman–Crippen LogP) is 1.65. The molecular weight excluding hydrogens is 250 g/mol. The summed E-state index contributed by atoms with van der Waals surface area (Å²) in [4.78, 5) is 4.38. The zero-order chi connectivity index (χ0) is 13.9. The molecule has 2 aromatic rings. The molecule has 0 amide bonds. The van der Waals surface area contributed by atoms with E-state index in [4.69, 9.17) is 5.73 Å². The fourth-order valence-electron chi connectivity index (χ4n) is 2.08. The summed E-state index contributed by atoms with van der Waals surface area (Å²) in [6.45, 7) is 0.597. The normalized spacial score (nSPS) is 15.3. The molecule has 1 aromatic carbocycles. The number of aryl methyl sites for hydroxylation is 1. The van der Waals surface area contributed by atoms with Gasteiger partial charge >= 0.3 is 0 Å². The van der Waals surface area contributed by atoms with Crippen molar-refractivity contribution in [2.45, 2.75) is 25.4 Å². The molecule has 3 rings (SSSR count). The highest BCUT2D eigenvalue weighted by molar-refractivity contribution is 5.78. The van der Waals surface area contributed by atoms with E-state index in [2.05, 4.69) is 33.6 Å². The van der Waals surface area contributed by atoms with Crippen molar-refractivity contribution < 1.29 is 0 Å². The second-order valence-electron chi connectivity index (χ2n) is 5.22. The molecule has 104 valence electrons. The van der Waals surface area contributed by atoms with Gasteiger partial charge in [0.05, 0.1) is 12.7 Å². The van der Waals surface area contributed by atoms with Gasteiger partial charge in [0.15, 0.2) is 5.96 Å². The number of guanidine groups is 1. The van der Waals surface area contributed by atoms with E-state index in [-0.39, 0.29) is 0 Å². The van der Waals surface area contributed by atoms with Gasteiger partial charge in [-0.2, -0.15) is 5.10 Å². The lowest BCUT2D eigenvalue weighted by Gasteiger charge is -2.04. The van der Waals surface area contributed by atoms with Gasteiger partial charge in [0.1, 0.15) is 0 Å². The Hall–Kier alpha value is -2.30. The first-order chi connectivity index (χ1) is 9.70. The quantitative estimate of drug-likeness (QED) is 0.655. The van der Waals surface area contributed by atoms with Crippen LogP contribution in [0.3, 0.4) is 0 Å². The van der Waals surface area contributed by atoms with Crippen molar-refractivity contribution in [2.75, 3.05) is 0 Å². The fraction of sp³-hybridized carbons (Fsp3) is 0.333. The maximum Gasteiger partial charge on any atom is 0.189 e. The van der Waals surface area contributed by atoms with E-state index < -0.39 is 0 Å². The monoisotopic (exact) mass is 269 g/mol. The zero-order valence-corrected chi connectivity index (χ0v) is 11.6. The van der Waals surface area contributed by atoms with E-state index in [1.165, 1.54) is 12.8 Å². The summed E-state index contributed by atoms with van der Waals surface area (Å²) in [5, 5.41) is 7.38. The number of hydrogen-bond donors (Lipinski definition) is 2. The van der Waals surface area contributed by atoms with E-state index in [1.54, 1.807) is 4.68 Å². The smallest absolute Gasteiger partial charge is 0.189 e. The first-order valence-corrected chi connectivity index (χ1v) is 6.85. The molecule has 1 aliphatic carbocycles. The van der Waals surface area contributed by atoms with Crippen molar-refractivity contribution in [2.24, 2.45) is 17.8 Å². The summed E-state index contributed by atoms with van der Waals surface area (Å²) in [7, 11) is 1.92. The lowest BCUT2D eigenvalue weighted by atomic mass is 10.1. The van der Waals surface area contributed by atoms with Crippen LogP contribution in [0.15, 0.2) is 41.7 Å². The summed E-state index contributed by atoms with van der Waals surface area (Å²) in [6, 6.07) is 8.85. The van der Waals surface area contributed by atoms with Crippen molar-refractivity contribution in [3.63, 3.8) is 0 Å². The lowest BCUT2D eigenvalue weighted by molar-refractivity contribution is 0.768. The number of nitrogens with one attached hydrogen (secondary N) is 1. The number of aromatic nitrogens is 2. The Labute approximate surface area is 118 Å². The zero-order valence-electron chi connectivity index (χ0n) is 11.6. The van der Waals surface area contributed by atoms with E-state index in [1.807, 2.05) is 25.5 Å². The molecule has 0 spiro atoms. The fourth-order valence-corrected chi connectivity index (χ4v) is 2.08. The summed E-state index contributed by atoms with van der Waals surface area (Å²) < 4.78 is 1.80.